The van der Waals surface area contributed by atoms with Crippen molar-refractivity contribution in [1.29, 1.82) is 0 Å². The van der Waals surface area contributed by atoms with Crippen LogP contribution in [0.2, 0.25) is 0 Å². The van der Waals surface area contributed by atoms with E-state index in [4.69, 9.17) is 9.47 Å². The Morgan fingerprint density at radius 1 is 0.896 bits per heavy atom. The Hall–Kier alpha value is -5.21. The summed E-state index contributed by atoms with van der Waals surface area (Å²) in [5.74, 6) is 0.210. The van der Waals surface area contributed by atoms with Crippen LogP contribution in [0.25, 0.3) is 21.9 Å². The third kappa shape index (κ3) is 6.89. The van der Waals surface area contributed by atoms with Gasteiger partial charge in [0.15, 0.2) is 11.6 Å². The zero-order valence-electron chi connectivity index (χ0n) is 28.2. The summed E-state index contributed by atoms with van der Waals surface area (Å²) in [5.41, 5.74) is 0.585. The number of amides is 3. The molecule has 0 spiro atoms. The Kier molecular flexibility index (Phi) is 8.25. The van der Waals surface area contributed by atoms with Crippen molar-refractivity contribution < 1.29 is 28.2 Å². The number of ether oxygens (including phenoxy) is 2. The molecule has 254 valence electrons. The first kappa shape index (κ1) is 32.7. The fourth-order valence-electron chi connectivity index (χ4n) is 5.66. The number of aromatic nitrogens is 5. The Morgan fingerprint density at radius 2 is 1.65 bits per heavy atom. The molecule has 0 fully saturated rings. The molecule has 2 aliphatic rings. The molecule has 1 aromatic carbocycles. The predicted octanol–water partition coefficient (Wildman–Crippen LogP) is 5.29. The average molecular weight is 662 g/mol. The summed E-state index contributed by atoms with van der Waals surface area (Å²) in [6.45, 7) is 12.2. The number of benzene rings is 1. The van der Waals surface area contributed by atoms with E-state index in [1.165, 1.54) is 6.20 Å². The topological polar surface area (TPSA) is 149 Å². The number of hydrogen-bond donors (Lipinski definition) is 2. The van der Waals surface area contributed by atoms with Gasteiger partial charge in [-0.3, -0.25) is 19.5 Å². The molecule has 3 amide bonds. The minimum absolute atomic E-state index is 0.0247. The maximum Gasteiger partial charge on any atom is 0.412 e. The van der Waals surface area contributed by atoms with Crippen LogP contribution in [0.15, 0.2) is 30.6 Å². The van der Waals surface area contributed by atoms with Crippen LogP contribution in [0, 0.1) is 5.82 Å². The van der Waals surface area contributed by atoms with Gasteiger partial charge in [-0.15, -0.1) is 0 Å². The van der Waals surface area contributed by atoms with Crippen LogP contribution in [0.3, 0.4) is 0 Å². The lowest BCUT2D eigenvalue weighted by Crippen LogP contribution is -2.41. The molecule has 0 bridgehead atoms. The molecular weight excluding hydrogens is 621 g/mol. The predicted molar refractivity (Wildman–Crippen MR) is 176 cm³/mol. The Bertz CT molecular complexity index is 1920. The lowest BCUT2D eigenvalue weighted by molar-refractivity contribution is -0.130. The number of hydrogen-bond acceptors (Lipinski definition) is 9. The summed E-state index contributed by atoms with van der Waals surface area (Å²) in [6, 6.07) is 5.27. The summed E-state index contributed by atoms with van der Waals surface area (Å²) >= 11 is 0. The summed E-state index contributed by atoms with van der Waals surface area (Å²) in [5, 5.41) is 15.7. The highest BCUT2D eigenvalue weighted by molar-refractivity contribution is 6.04. The highest BCUT2D eigenvalue weighted by atomic mass is 19.1. The molecule has 0 unspecified atom stereocenters. The maximum absolute atomic E-state index is 16.6. The van der Waals surface area contributed by atoms with Gasteiger partial charge < -0.3 is 24.6 Å². The number of rotatable bonds is 4. The molecule has 3 aromatic heterocycles. The minimum atomic E-state index is -0.824. The number of anilines is 3. The van der Waals surface area contributed by atoms with Crippen LogP contribution >= 0.6 is 0 Å². The molecule has 0 radical (unpaired) electrons. The lowest BCUT2D eigenvalue weighted by Gasteiger charge is -2.31. The second-order valence-corrected chi connectivity index (χ2v) is 14.0. The molecule has 0 aliphatic carbocycles. The van der Waals surface area contributed by atoms with Crippen LogP contribution in [0.4, 0.5) is 31.3 Å². The van der Waals surface area contributed by atoms with Gasteiger partial charge in [0.1, 0.15) is 23.6 Å². The zero-order chi connectivity index (χ0) is 34.5. The summed E-state index contributed by atoms with van der Waals surface area (Å²) in [4.78, 5) is 45.9. The van der Waals surface area contributed by atoms with Crippen molar-refractivity contribution in [2.75, 3.05) is 30.8 Å². The molecule has 4 aromatic rings. The van der Waals surface area contributed by atoms with E-state index >= 15 is 4.39 Å². The highest BCUT2D eigenvalue weighted by Crippen LogP contribution is 2.38. The monoisotopic (exact) mass is 661 g/mol. The normalized spacial score (nSPS) is 15.1. The largest absolute Gasteiger partial charge is 0.444 e. The number of carbonyl (C=O) groups excluding carboxylic acids is 3. The first-order valence-electron chi connectivity index (χ1n) is 15.8. The first-order valence-corrected chi connectivity index (χ1v) is 15.8. The van der Waals surface area contributed by atoms with Crippen molar-refractivity contribution in [2.45, 2.75) is 78.8 Å². The molecule has 0 atom stereocenters. The quantitative estimate of drug-likeness (QED) is 0.298. The molecule has 2 aliphatic heterocycles. The second kappa shape index (κ2) is 12.1. The third-order valence-electron chi connectivity index (χ3n) is 7.93. The number of carbonyl (C=O) groups is 3. The van der Waals surface area contributed by atoms with Crippen molar-refractivity contribution in [3.8, 4) is 11.1 Å². The average Bonchev–Trinajstić information content (AvgIpc) is 3.54. The summed E-state index contributed by atoms with van der Waals surface area (Å²) < 4.78 is 31.0. The third-order valence-corrected chi connectivity index (χ3v) is 7.93. The van der Waals surface area contributed by atoms with Gasteiger partial charge in [-0.25, -0.2) is 19.0 Å². The summed E-state index contributed by atoms with van der Waals surface area (Å²) in [6.07, 6.45) is 2.39. The lowest BCUT2D eigenvalue weighted by atomic mass is 9.99. The number of halogens is 1. The molecule has 0 saturated carbocycles. The fraction of sp³-hybridized carbons (Fsp3) is 0.455. The summed E-state index contributed by atoms with van der Waals surface area (Å²) in [7, 11) is 1.77. The van der Waals surface area contributed by atoms with E-state index in [0.29, 0.717) is 59.7 Å². The van der Waals surface area contributed by atoms with Crippen LogP contribution in [0.1, 0.15) is 52.9 Å². The molecule has 0 saturated heterocycles. The number of nitrogens with one attached hydrogen (secondary N) is 2. The molecule has 6 rings (SSSR count). The number of nitrogens with zero attached hydrogens (tertiary/aromatic N) is 7. The second-order valence-electron chi connectivity index (χ2n) is 14.0. The molecule has 48 heavy (non-hydrogen) atoms. The van der Waals surface area contributed by atoms with Crippen molar-refractivity contribution in [1.82, 2.24) is 34.3 Å². The van der Waals surface area contributed by atoms with E-state index in [0.717, 1.165) is 5.69 Å². The van der Waals surface area contributed by atoms with E-state index in [9.17, 15) is 14.4 Å². The Morgan fingerprint density at radius 3 is 2.38 bits per heavy atom. The number of pyridine rings is 1. The van der Waals surface area contributed by atoms with Crippen LogP contribution in [0.5, 0.6) is 0 Å². The first-order chi connectivity index (χ1) is 22.5. The van der Waals surface area contributed by atoms with Gasteiger partial charge >= 0.3 is 12.2 Å². The van der Waals surface area contributed by atoms with Crippen LogP contribution < -0.4 is 10.6 Å². The van der Waals surface area contributed by atoms with E-state index < -0.39 is 29.2 Å². The molecular formula is C33H40FN9O5. The van der Waals surface area contributed by atoms with Crippen molar-refractivity contribution in [2.24, 2.45) is 0 Å². The van der Waals surface area contributed by atoms with E-state index in [1.54, 1.807) is 86.1 Å². The number of fused-ring (bicyclic) bond motifs is 3. The Balaban J connectivity index is 1.38. The molecule has 15 heteroatoms. The van der Waals surface area contributed by atoms with Gasteiger partial charge in [-0.1, -0.05) is 0 Å². The van der Waals surface area contributed by atoms with Gasteiger partial charge in [0.25, 0.3) is 0 Å². The van der Waals surface area contributed by atoms with Gasteiger partial charge in [-0.05, 0) is 59.1 Å². The van der Waals surface area contributed by atoms with Gasteiger partial charge in [-0.2, -0.15) is 10.2 Å². The van der Waals surface area contributed by atoms with E-state index in [1.807, 2.05) is 6.07 Å². The van der Waals surface area contributed by atoms with E-state index in [-0.39, 0.29) is 30.2 Å². The fourth-order valence-corrected chi connectivity index (χ4v) is 5.66. The van der Waals surface area contributed by atoms with Crippen LogP contribution in [-0.2, 0) is 40.3 Å². The van der Waals surface area contributed by atoms with E-state index in [2.05, 4.69) is 25.8 Å². The zero-order valence-corrected chi connectivity index (χ0v) is 28.2. The molecule has 2 N–H and O–H groups in total. The maximum atomic E-state index is 16.6. The van der Waals surface area contributed by atoms with Gasteiger partial charge in [0, 0.05) is 61.0 Å². The van der Waals surface area contributed by atoms with Crippen molar-refractivity contribution >= 4 is 46.2 Å². The number of likely N-dealkylation sites (N-methyl/N-ethyl adjacent to an activating group) is 1. The molecule has 5 heterocycles. The highest BCUT2D eigenvalue weighted by Gasteiger charge is 2.30. The van der Waals surface area contributed by atoms with Crippen molar-refractivity contribution in [3.63, 3.8) is 0 Å². The molecule has 14 nitrogen and oxygen atoms in total. The smallest absolute Gasteiger partial charge is 0.412 e. The van der Waals surface area contributed by atoms with Gasteiger partial charge in [0.2, 0.25) is 5.91 Å². The SMILES string of the molecule is CN1CCc2cc(Nc3cc4cc(-c5cnn6c5CN(C(=O)OC(C)(C)C)CC6)c(F)c(NC(=O)OC(C)(C)C)c4cn3)nn2CC1=O. The Labute approximate surface area is 277 Å². The van der Waals surface area contributed by atoms with Crippen LogP contribution in [-0.4, -0.2) is 83.8 Å². The van der Waals surface area contributed by atoms with Gasteiger partial charge in [0.05, 0.1) is 30.7 Å². The van der Waals surface area contributed by atoms with Crippen molar-refractivity contribution in [3.05, 3.63) is 47.8 Å². The minimum Gasteiger partial charge on any atom is -0.444 e. The standard InChI is InChI=1S/C33H40FN9O5/c1-32(2,3)47-30(45)38-29-22-15-35-25(37-26-14-20-8-9-40(7)27(44)18-43(20)39-26)13-19(22)12-21(28(29)34)23-16-36-42-11-10-41(17-24(23)42)31(46)48-33(4,5)6/h12-16H,8-11,17-18H2,1-7H3,(H,38,45)(H,35,37,39).